The van der Waals surface area contributed by atoms with Crippen LogP contribution in [-0.2, 0) is 4.79 Å². The summed E-state index contributed by atoms with van der Waals surface area (Å²) in [6, 6.07) is 10.2. The second kappa shape index (κ2) is 4.67. The van der Waals surface area contributed by atoms with Crippen molar-refractivity contribution in [3.8, 4) is 0 Å². The molecule has 0 aromatic heterocycles. The molecule has 15 heavy (non-hydrogen) atoms. The summed E-state index contributed by atoms with van der Waals surface area (Å²) >= 11 is 5.51. The molecule has 1 aromatic carbocycles. The summed E-state index contributed by atoms with van der Waals surface area (Å²) in [6.07, 6.45) is 0.970. The molecule has 2 atom stereocenters. The van der Waals surface area contributed by atoms with Gasteiger partial charge in [0.25, 0.3) is 0 Å². The summed E-state index contributed by atoms with van der Waals surface area (Å²) in [5.41, 5.74) is 1.27. The number of hydrogen-bond donors (Lipinski definition) is 1. The van der Waals surface area contributed by atoms with Crippen LogP contribution in [0.4, 0.5) is 0 Å². The predicted octanol–water partition coefficient (Wildman–Crippen LogP) is 2.15. The van der Waals surface area contributed by atoms with Gasteiger partial charge in [-0.05, 0) is 17.9 Å². The zero-order valence-corrected chi connectivity index (χ0v) is 9.20. The first-order valence-electron chi connectivity index (χ1n) is 5.21. The van der Waals surface area contributed by atoms with E-state index in [0.717, 1.165) is 6.42 Å². The van der Waals surface area contributed by atoms with Crippen LogP contribution in [0.3, 0.4) is 0 Å². The Morgan fingerprint density at radius 1 is 1.40 bits per heavy atom. The second-order valence-corrected chi connectivity index (χ2v) is 4.22. The van der Waals surface area contributed by atoms with E-state index in [-0.39, 0.29) is 11.8 Å². The van der Waals surface area contributed by atoms with Gasteiger partial charge < -0.3 is 5.32 Å². The molecular weight excluding hydrogens is 210 g/mol. The van der Waals surface area contributed by atoms with Crippen LogP contribution in [0.2, 0.25) is 0 Å². The maximum atomic E-state index is 11.6. The summed E-state index contributed by atoms with van der Waals surface area (Å²) in [5, 5.41) is 2.82. The molecular formula is C12H14ClNO. The van der Waals surface area contributed by atoms with Gasteiger partial charge in [0.1, 0.15) is 0 Å². The molecule has 0 radical (unpaired) electrons. The zero-order chi connectivity index (χ0) is 10.7. The quantitative estimate of drug-likeness (QED) is 0.779. The van der Waals surface area contributed by atoms with E-state index in [1.54, 1.807) is 0 Å². The molecule has 0 bridgehead atoms. The Morgan fingerprint density at radius 3 is 2.80 bits per heavy atom. The molecule has 1 aliphatic rings. The van der Waals surface area contributed by atoms with Crippen LogP contribution in [0.25, 0.3) is 0 Å². The van der Waals surface area contributed by atoms with E-state index in [0.29, 0.717) is 18.3 Å². The molecule has 0 saturated heterocycles. The first-order valence-corrected chi connectivity index (χ1v) is 5.75. The number of rotatable bonds is 4. The monoisotopic (exact) mass is 223 g/mol. The van der Waals surface area contributed by atoms with Crippen molar-refractivity contribution in [3.63, 3.8) is 0 Å². The molecule has 1 fully saturated rings. The number of carbonyl (C=O) groups is 1. The fourth-order valence-electron chi connectivity index (χ4n) is 1.85. The molecule has 3 heteroatoms. The largest absolute Gasteiger partial charge is 0.355 e. The Kier molecular flexibility index (Phi) is 3.27. The van der Waals surface area contributed by atoms with E-state index in [1.807, 2.05) is 18.2 Å². The minimum Gasteiger partial charge on any atom is -0.355 e. The average Bonchev–Trinajstić information content (AvgIpc) is 3.07. The maximum absolute atomic E-state index is 11.6. The van der Waals surface area contributed by atoms with E-state index in [2.05, 4.69) is 17.4 Å². The van der Waals surface area contributed by atoms with Gasteiger partial charge in [-0.1, -0.05) is 30.3 Å². The fraction of sp³-hybridized carbons (Fsp3) is 0.417. The number of hydrogen-bond acceptors (Lipinski definition) is 1. The maximum Gasteiger partial charge on any atom is 0.223 e. The minimum absolute atomic E-state index is 0.143. The Balaban J connectivity index is 1.88. The van der Waals surface area contributed by atoms with Crippen molar-refractivity contribution in [2.45, 2.75) is 12.3 Å². The van der Waals surface area contributed by atoms with Crippen LogP contribution >= 0.6 is 11.6 Å². The normalized spacial score (nSPS) is 23.5. The summed E-state index contributed by atoms with van der Waals surface area (Å²) in [5.74, 6) is 1.20. The lowest BCUT2D eigenvalue weighted by Crippen LogP contribution is -2.27. The van der Waals surface area contributed by atoms with Crippen molar-refractivity contribution in [3.05, 3.63) is 35.9 Å². The molecule has 0 aliphatic heterocycles. The number of nitrogens with one attached hydrogen (secondary N) is 1. The lowest BCUT2D eigenvalue weighted by Gasteiger charge is -2.02. The van der Waals surface area contributed by atoms with Crippen molar-refractivity contribution >= 4 is 17.5 Å². The Bertz CT molecular complexity index is 339. The Hall–Kier alpha value is -1.02. The van der Waals surface area contributed by atoms with E-state index >= 15 is 0 Å². The molecule has 1 aliphatic carbocycles. The summed E-state index contributed by atoms with van der Waals surface area (Å²) in [6.45, 7) is 0.568. The molecule has 1 saturated carbocycles. The molecule has 80 valence electrons. The predicted molar refractivity (Wildman–Crippen MR) is 61.0 cm³/mol. The van der Waals surface area contributed by atoms with Crippen LogP contribution in [0.15, 0.2) is 30.3 Å². The number of alkyl halides is 1. The second-order valence-electron chi connectivity index (χ2n) is 3.84. The fourth-order valence-corrected chi connectivity index (χ4v) is 1.95. The van der Waals surface area contributed by atoms with Crippen molar-refractivity contribution < 1.29 is 4.79 Å². The summed E-state index contributed by atoms with van der Waals surface area (Å²) < 4.78 is 0. The summed E-state index contributed by atoms with van der Waals surface area (Å²) in [7, 11) is 0. The van der Waals surface area contributed by atoms with E-state index < -0.39 is 0 Å². The molecule has 1 amide bonds. The van der Waals surface area contributed by atoms with Gasteiger partial charge in [0.15, 0.2) is 0 Å². The highest BCUT2D eigenvalue weighted by molar-refractivity contribution is 6.18. The third-order valence-electron chi connectivity index (χ3n) is 2.75. The zero-order valence-electron chi connectivity index (χ0n) is 8.45. The van der Waals surface area contributed by atoms with Gasteiger partial charge in [0, 0.05) is 18.3 Å². The smallest absolute Gasteiger partial charge is 0.223 e. The third-order valence-corrected chi connectivity index (χ3v) is 2.94. The third kappa shape index (κ3) is 2.51. The van der Waals surface area contributed by atoms with Gasteiger partial charge in [-0.15, -0.1) is 11.6 Å². The number of benzene rings is 1. The van der Waals surface area contributed by atoms with Gasteiger partial charge in [-0.3, -0.25) is 4.79 Å². The van der Waals surface area contributed by atoms with Crippen LogP contribution in [0.5, 0.6) is 0 Å². The van der Waals surface area contributed by atoms with Crippen molar-refractivity contribution in [2.75, 3.05) is 12.4 Å². The van der Waals surface area contributed by atoms with E-state index in [1.165, 1.54) is 5.56 Å². The molecule has 2 unspecified atom stereocenters. The molecule has 0 heterocycles. The van der Waals surface area contributed by atoms with Gasteiger partial charge in [-0.25, -0.2) is 0 Å². The Labute approximate surface area is 94.6 Å². The standard InChI is InChI=1S/C12H14ClNO/c13-6-7-14-12(15)11-8-10(11)9-4-2-1-3-5-9/h1-5,10-11H,6-8H2,(H,14,15). The Morgan fingerprint density at radius 2 is 2.13 bits per heavy atom. The van der Waals surface area contributed by atoms with Crippen molar-refractivity contribution in [1.82, 2.24) is 5.32 Å². The highest BCUT2D eigenvalue weighted by Crippen LogP contribution is 2.47. The highest BCUT2D eigenvalue weighted by Gasteiger charge is 2.43. The topological polar surface area (TPSA) is 29.1 Å². The van der Waals surface area contributed by atoms with E-state index in [9.17, 15) is 4.79 Å². The van der Waals surface area contributed by atoms with E-state index in [4.69, 9.17) is 11.6 Å². The van der Waals surface area contributed by atoms with Gasteiger partial charge in [0.05, 0.1) is 0 Å². The molecule has 1 aromatic rings. The van der Waals surface area contributed by atoms with Gasteiger partial charge in [0.2, 0.25) is 5.91 Å². The number of halogens is 1. The number of amides is 1. The van der Waals surface area contributed by atoms with Crippen LogP contribution in [-0.4, -0.2) is 18.3 Å². The lowest BCUT2D eigenvalue weighted by atomic mass is 10.1. The number of carbonyl (C=O) groups excluding carboxylic acids is 1. The SMILES string of the molecule is O=C(NCCCl)C1CC1c1ccccc1. The van der Waals surface area contributed by atoms with Crippen LogP contribution in [0.1, 0.15) is 17.9 Å². The highest BCUT2D eigenvalue weighted by atomic mass is 35.5. The average molecular weight is 224 g/mol. The van der Waals surface area contributed by atoms with Crippen molar-refractivity contribution in [1.29, 1.82) is 0 Å². The van der Waals surface area contributed by atoms with Gasteiger partial charge >= 0.3 is 0 Å². The lowest BCUT2D eigenvalue weighted by molar-refractivity contribution is -0.122. The molecule has 1 N–H and O–H groups in total. The summed E-state index contributed by atoms with van der Waals surface area (Å²) in [4.78, 5) is 11.6. The van der Waals surface area contributed by atoms with Crippen LogP contribution in [0, 0.1) is 5.92 Å². The van der Waals surface area contributed by atoms with Gasteiger partial charge in [-0.2, -0.15) is 0 Å². The minimum atomic E-state index is 0.143. The first-order chi connectivity index (χ1) is 7.33. The van der Waals surface area contributed by atoms with Crippen LogP contribution < -0.4 is 5.32 Å². The first kappa shape index (κ1) is 10.5. The van der Waals surface area contributed by atoms with Crippen molar-refractivity contribution in [2.24, 2.45) is 5.92 Å². The molecule has 2 rings (SSSR count). The molecule has 0 spiro atoms. The molecule has 2 nitrogen and oxygen atoms in total.